The summed E-state index contributed by atoms with van der Waals surface area (Å²) in [4.78, 5) is 28.5. The lowest BCUT2D eigenvalue weighted by molar-refractivity contribution is -0.139. The summed E-state index contributed by atoms with van der Waals surface area (Å²) in [6.45, 7) is 8.59. The van der Waals surface area contributed by atoms with E-state index in [-0.39, 0.29) is 29.1 Å². The SMILES string of the molecule is COc1ccc(C)cc1N(CC(=O)N(Cc1ccc(Br)cc1)[C@H](C)C(=O)NC(C)C)S(=O)(=O)c1ccc(C)cc1. The minimum Gasteiger partial charge on any atom is -0.495 e. The summed E-state index contributed by atoms with van der Waals surface area (Å²) < 4.78 is 35.5. The van der Waals surface area contributed by atoms with Crippen LogP contribution < -0.4 is 14.4 Å². The fourth-order valence-electron chi connectivity index (χ4n) is 4.12. The van der Waals surface area contributed by atoms with E-state index in [9.17, 15) is 18.0 Å². The second kappa shape index (κ2) is 13.3. The maximum Gasteiger partial charge on any atom is 0.264 e. The lowest BCUT2D eigenvalue weighted by Gasteiger charge is -2.32. The predicted molar refractivity (Wildman–Crippen MR) is 161 cm³/mol. The van der Waals surface area contributed by atoms with Gasteiger partial charge < -0.3 is 15.0 Å². The van der Waals surface area contributed by atoms with Crippen molar-refractivity contribution in [3.05, 3.63) is 87.9 Å². The Balaban J connectivity index is 2.10. The standard InChI is InChI=1S/C30H36BrN3O5S/c1-20(2)32-30(36)23(5)33(18-24-10-12-25(31)13-11-24)29(35)19-34(27-17-22(4)9-16-28(27)39-6)40(37,38)26-14-7-21(3)8-15-26/h7-17,20,23H,18-19H2,1-6H3,(H,32,36)/t23-/m1/s1. The van der Waals surface area contributed by atoms with E-state index in [1.165, 1.54) is 24.1 Å². The number of carbonyl (C=O) groups excluding carboxylic acids is 2. The summed E-state index contributed by atoms with van der Waals surface area (Å²) in [5.41, 5.74) is 2.73. The van der Waals surface area contributed by atoms with Gasteiger partial charge in [-0.3, -0.25) is 13.9 Å². The van der Waals surface area contributed by atoms with Gasteiger partial charge in [-0.05, 0) is 82.1 Å². The number of methoxy groups -OCH3 is 1. The highest BCUT2D eigenvalue weighted by Gasteiger charge is 2.34. The van der Waals surface area contributed by atoms with Gasteiger partial charge in [-0.15, -0.1) is 0 Å². The van der Waals surface area contributed by atoms with Crippen molar-refractivity contribution < 1.29 is 22.7 Å². The molecule has 0 spiro atoms. The first-order valence-electron chi connectivity index (χ1n) is 12.9. The van der Waals surface area contributed by atoms with Crippen LogP contribution in [0.4, 0.5) is 5.69 Å². The molecule has 3 aromatic carbocycles. The number of nitrogens with zero attached hydrogens (tertiary/aromatic N) is 2. The third kappa shape index (κ3) is 7.63. The zero-order valence-electron chi connectivity index (χ0n) is 23.6. The van der Waals surface area contributed by atoms with Crippen LogP contribution in [0.1, 0.15) is 37.5 Å². The molecule has 0 radical (unpaired) electrons. The first-order valence-corrected chi connectivity index (χ1v) is 15.1. The summed E-state index contributed by atoms with van der Waals surface area (Å²) >= 11 is 3.42. The number of nitrogens with one attached hydrogen (secondary N) is 1. The van der Waals surface area contributed by atoms with Crippen molar-refractivity contribution in [2.75, 3.05) is 18.0 Å². The van der Waals surface area contributed by atoms with E-state index in [1.807, 2.05) is 52.0 Å². The average molecular weight is 631 g/mol. The number of carbonyl (C=O) groups is 2. The summed E-state index contributed by atoms with van der Waals surface area (Å²) in [6.07, 6.45) is 0. The van der Waals surface area contributed by atoms with E-state index >= 15 is 0 Å². The Labute approximate surface area is 245 Å². The van der Waals surface area contributed by atoms with Gasteiger partial charge in [0.25, 0.3) is 10.0 Å². The molecule has 214 valence electrons. The first-order chi connectivity index (χ1) is 18.8. The van der Waals surface area contributed by atoms with Crippen molar-refractivity contribution in [2.45, 2.75) is 58.1 Å². The minimum absolute atomic E-state index is 0.0412. The normalized spacial score (nSPS) is 12.1. The molecular weight excluding hydrogens is 594 g/mol. The number of hydrogen-bond acceptors (Lipinski definition) is 5. The third-order valence-electron chi connectivity index (χ3n) is 6.36. The van der Waals surface area contributed by atoms with Gasteiger partial charge >= 0.3 is 0 Å². The van der Waals surface area contributed by atoms with Gasteiger partial charge in [0.05, 0.1) is 17.7 Å². The Morgan fingerprint density at radius 1 is 0.925 bits per heavy atom. The molecule has 0 saturated heterocycles. The van der Waals surface area contributed by atoms with E-state index in [4.69, 9.17) is 4.74 Å². The zero-order chi connectivity index (χ0) is 29.6. The quantitative estimate of drug-likeness (QED) is 0.314. The molecule has 0 saturated carbocycles. The molecule has 0 heterocycles. The fraction of sp³-hybridized carbons (Fsp3) is 0.333. The molecule has 0 aliphatic heterocycles. The van der Waals surface area contributed by atoms with E-state index in [1.54, 1.807) is 37.3 Å². The molecule has 2 amide bonds. The van der Waals surface area contributed by atoms with Crippen LogP contribution in [0.15, 0.2) is 76.1 Å². The first kappa shape index (κ1) is 31.2. The average Bonchev–Trinajstić information content (AvgIpc) is 2.90. The molecule has 8 nitrogen and oxygen atoms in total. The van der Waals surface area contributed by atoms with Gasteiger partial charge in [-0.2, -0.15) is 0 Å². The Morgan fingerprint density at radius 2 is 1.52 bits per heavy atom. The lowest BCUT2D eigenvalue weighted by Crippen LogP contribution is -2.52. The summed E-state index contributed by atoms with van der Waals surface area (Å²) in [5.74, 6) is -0.561. The van der Waals surface area contributed by atoms with Crippen molar-refractivity contribution in [1.29, 1.82) is 0 Å². The number of anilines is 1. The van der Waals surface area contributed by atoms with Crippen LogP contribution in [-0.4, -0.2) is 50.9 Å². The van der Waals surface area contributed by atoms with Crippen LogP contribution in [0, 0.1) is 13.8 Å². The second-order valence-corrected chi connectivity index (χ2v) is 12.8. The number of sulfonamides is 1. The molecule has 0 aliphatic carbocycles. The van der Waals surface area contributed by atoms with Gasteiger partial charge in [-0.25, -0.2) is 8.42 Å². The smallest absolute Gasteiger partial charge is 0.264 e. The summed E-state index contributed by atoms with van der Waals surface area (Å²) in [5, 5.41) is 2.85. The zero-order valence-corrected chi connectivity index (χ0v) is 26.0. The second-order valence-electron chi connectivity index (χ2n) is 9.99. The molecule has 10 heteroatoms. The molecule has 1 N–H and O–H groups in total. The molecule has 40 heavy (non-hydrogen) atoms. The number of aryl methyl sites for hydroxylation is 2. The molecule has 3 rings (SSSR count). The van der Waals surface area contributed by atoms with E-state index in [2.05, 4.69) is 21.2 Å². The van der Waals surface area contributed by atoms with Crippen LogP contribution in [0.3, 0.4) is 0 Å². The molecule has 0 aliphatic rings. The van der Waals surface area contributed by atoms with Crippen LogP contribution in [-0.2, 0) is 26.2 Å². The Hall–Kier alpha value is -3.37. The molecule has 0 aromatic heterocycles. The van der Waals surface area contributed by atoms with Crippen LogP contribution in [0.2, 0.25) is 0 Å². The minimum atomic E-state index is -4.19. The third-order valence-corrected chi connectivity index (χ3v) is 8.66. The predicted octanol–water partition coefficient (Wildman–Crippen LogP) is 5.21. The lowest BCUT2D eigenvalue weighted by atomic mass is 10.1. The van der Waals surface area contributed by atoms with Gasteiger partial charge in [0.1, 0.15) is 18.3 Å². The highest BCUT2D eigenvalue weighted by atomic mass is 79.9. The molecule has 1 atom stereocenters. The molecular formula is C30H36BrN3O5S. The Morgan fingerprint density at radius 3 is 2.10 bits per heavy atom. The van der Waals surface area contributed by atoms with Crippen LogP contribution in [0.25, 0.3) is 0 Å². The van der Waals surface area contributed by atoms with Crippen molar-refractivity contribution >= 4 is 43.5 Å². The van der Waals surface area contributed by atoms with Crippen molar-refractivity contribution in [3.63, 3.8) is 0 Å². The van der Waals surface area contributed by atoms with Crippen molar-refractivity contribution in [1.82, 2.24) is 10.2 Å². The summed E-state index contributed by atoms with van der Waals surface area (Å²) in [6, 6.07) is 18.0. The largest absolute Gasteiger partial charge is 0.495 e. The van der Waals surface area contributed by atoms with Crippen LogP contribution in [0.5, 0.6) is 5.75 Å². The highest BCUT2D eigenvalue weighted by molar-refractivity contribution is 9.10. The number of halogens is 1. The van der Waals surface area contributed by atoms with E-state index < -0.39 is 28.5 Å². The number of rotatable bonds is 11. The number of benzene rings is 3. The Kier molecular flexibility index (Phi) is 10.4. The van der Waals surface area contributed by atoms with Gasteiger partial charge in [0.15, 0.2) is 0 Å². The van der Waals surface area contributed by atoms with E-state index in [0.717, 1.165) is 25.5 Å². The molecule has 0 unspecified atom stereocenters. The number of ether oxygens (including phenoxy) is 1. The summed E-state index contributed by atoms with van der Waals surface area (Å²) in [7, 11) is -2.74. The van der Waals surface area contributed by atoms with Gasteiger partial charge in [0, 0.05) is 17.1 Å². The van der Waals surface area contributed by atoms with Crippen LogP contribution >= 0.6 is 15.9 Å². The maximum absolute atomic E-state index is 14.0. The monoisotopic (exact) mass is 629 g/mol. The molecule has 3 aromatic rings. The van der Waals surface area contributed by atoms with Gasteiger partial charge in [-0.1, -0.05) is 51.8 Å². The van der Waals surface area contributed by atoms with Crippen molar-refractivity contribution in [3.8, 4) is 5.75 Å². The molecule has 0 fully saturated rings. The topological polar surface area (TPSA) is 96.0 Å². The number of amides is 2. The molecule has 0 bridgehead atoms. The van der Waals surface area contributed by atoms with E-state index in [0.29, 0.717) is 5.75 Å². The Bertz CT molecular complexity index is 1440. The maximum atomic E-state index is 14.0. The fourth-order valence-corrected chi connectivity index (χ4v) is 5.80. The highest BCUT2D eigenvalue weighted by Crippen LogP contribution is 2.34. The van der Waals surface area contributed by atoms with Gasteiger partial charge in [0.2, 0.25) is 11.8 Å². The number of hydrogen-bond donors (Lipinski definition) is 1. The van der Waals surface area contributed by atoms with Crippen molar-refractivity contribution in [2.24, 2.45) is 0 Å².